The zero-order chi connectivity index (χ0) is 13.7. The molecule has 100 valence electrons. The van der Waals surface area contributed by atoms with Crippen molar-refractivity contribution in [3.05, 3.63) is 42.2 Å². The monoisotopic (exact) mass is 259 g/mol. The van der Waals surface area contributed by atoms with Gasteiger partial charge < -0.3 is 14.4 Å². The maximum atomic E-state index is 5.34. The normalized spacial score (nSPS) is 10.1. The molecule has 0 fully saturated rings. The van der Waals surface area contributed by atoms with Gasteiger partial charge in [-0.25, -0.2) is 9.97 Å². The second-order valence-corrected chi connectivity index (χ2v) is 4.09. The second kappa shape index (κ2) is 6.04. The van der Waals surface area contributed by atoms with Gasteiger partial charge in [-0.2, -0.15) is 0 Å². The molecule has 1 aromatic carbocycles. The number of methoxy groups -OCH3 is 2. The highest BCUT2D eigenvalue weighted by Gasteiger charge is 2.08. The highest BCUT2D eigenvalue weighted by molar-refractivity contribution is 5.43. The van der Waals surface area contributed by atoms with E-state index in [-0.39, 0.29) is 0 Å². The number of ether oxygens (including phenoxy) is 2. The van der Waals surface area contributed by atoms with Crippen LogP contribution in [0, 0.1) is 0 Å². The predicted molar refractivity (Wildman–Crippen MR) is 73.7 cm³/mol. The van der Waals surface area contributed by atoms with Crippen molar-refractivity contribution in [2.24, 2.45) is 0 Å². The summed E-state index contributed by atoms with van der Waals surface area (Å²) in [5.74, 6) is 2.23. The van der Waals surface area contributed by atoms with E-state index in [9.17, 15) is 0 Å². The van der Waals surface area contributed by atoms with Gasteiger partial charge in [0.25, 0.3) is 0 Å². The number of nitrogens with zero attached hydrogens (tertiary/aromatic N) is 3. The van der Waals surface area contributed by atoms with Gasteiger partial charge in [-0.3, -0.25) is 0 Å². The Kier molecular flexibility index (Phi) is 4.18. The van der Waals surface area contributed by atoms with Crippen molar-refractivity contribution in [3.63, 3.8) is 0 Å². The summed E-state index contributed by atoms with van der Waals surface area (Å²) in [6.45, 7) is 0.699. The topological polar surface area (TPSA) is 47.5 Å². The van der Waals surface area contributed by atoms with Crippen LogP contribution in [0.1, 0.15) is 5.56 Å². The quantitative estimate of drug-likeness (QED) is 0.823. The van der Waals surface area contributed by atoms with Crippen LogP contribution in [0.25, 0.3) is 0 Å². The molecule has 0 atom stereocenters. The average Bonchev–Trinajstić information content (AvgIpc) is 2.47. The van der Waals surface area contributed by atoms with Crippen molar-refractivity contribution in [1.82, 2.24) is 9.97 Å². The number of anilines is 1. The summed E-state index contributed by atoms with van der Waals surface area (Å²) in [6, 6.07) is 9.73. The Morgan fingerprint density at radius 1 is 1.11 bits per heavy atom. The Hall–Kier alpha value is -2.30. The molecule has 5 nitrogen and oxygen atoms in total. The lowest BCUT2D eigenvalue weighted by molar-refractivity contribution is 0.396. The molecule has 0 saturated heterocycles. The fraction of sp³-hybridized carbons (Fsp3) is 0.286. The molecule has 0 aliphatic heterocycles. The van der Waals surface area contributed by atoms with Crippen LogP contribution in [0.3, 0.4) is 0 Å². The number of hydrogen-bond acceptors (Lipinski definition) is 5. The van der Waals surface area contributed by atoms with Gasteiger partial charge in [0.2, 0.25) is 5.88 Å². The molecule has 0 bridgehead atoms. The lowest BCUT2D eigenvalue weighted by Gasteiger charge is -2.19. The van der Waals surface area contributed by atoms with Crippen LogP contribution >= 0.6 is 0 Å². The van der Waals surface area contributed by atoms with E-state index in [1.165, 1.54) is 6.33 Å². The van der Waals surface area contributed by atoms with Crippen molar-refractivity contribution in [2.75, 3.05) is 26.2 Å². The molecule has 0 unspecified atom stereocenters. The van der Waals surface area contributed by atoms with Crippen molar-refractivity contribution >= 4 is 5.82 Å². The van der Waals surface area contributed by atoms with E-state index in [1.54, 1.807) is 20.3 Å². The van der Waals surface area contributed by atoms with Gasteiger partial charge in [0, 0.05) is 25.2 Å². The second-order valence-electron chi connectivity index (χ2n) is 4.09. The minimum Gasteiger partial charge on any atom is -0.496 e. The van der Waals surface area contributed by atoms with Crippen LogP contribution in [0.5, 0.6) is 11.6 Å². The number of rotatable bonds is 5. The first-order valence-corrected chi connectivity index (χ1v) is 5.93. The molecule has 0 saturated carbocycles. The molecule has 0 N–H and O–H groups in total. The smallest absolute Gasteiger partial charge is 0.218 e. The van der Waals surface area contributed by atoms with Crippen LogP contribution in [0.4, 0.5) is 5.82 Å². The fourth-order valence-electron chi connectivity index (χ4n) is 1.82. The van der Waals surface area contributed by atoms with E-state index >= 15 is 0 Å². The first kappa shape index (κ1) is 13.1. The van der Waals surface area contributed by atoms with Crippen LogP contribution in [-0.4, -0.2) is 31.2 Å². The molecule has 0 spiro atoms. The zero-order valence-electron chi connectivity index (χ0n) is 11.3. The number of para-hydroxylation sites is 1. The van der Waals surface area contributed by atoms with Gasteiger partial charge in [0.05, 0.1) is 14.2 Å². The lowest BCUT2D eigenvalue weighted by Crippen LogP contribution is -2.18. The molecule has 0 radical (unpaired) electrons. The number of aromatic nitrogens is 2. The Morgan fingerprint density at radius 2 is 1.89 bits per heavy atom. The minimum absolute atomic E-state index is 0.553. The maximum Gasteiger partial charge on any atom is 0.218 e. The van der Waals surface area contributed by atoms with Crippen molar-refractivity contribution in [1.29, 1.82) is 0 Å². The summed E-state index contributed by atoms with van der Waals surface area (Å²) in [5, 5.41) is 0. The van der Waals surface area contributed by atoms with E-state index in [0.717, 1.165) is 17.1 Å². The maximum absolute atomic E-state index is 5.34. The highest BCUT2D eigenvalue weighted by atomic mass is 16.5. The average molecular weight is 259 g/mol. The Labute approximate surface area is 112 Å². The molecule has 19 heavy (non-hydrogen) atoms. The first-order chi connectivity index (χ1) is 9.24. The van der Waals surface area contributed by atoms with Crippen LogP contribution in [-0.2, 0) is 6.54 Å². The van der Waals surface area contributed by atoms with Gasteiger partial charge in [0.1, 0.15) is 17.9 Å². The molecule has 0 aliphatic carbocycles. The fourth-order valence-corrected chi connectivity index (χ4v) is 1.82. The minimum atomic E-state index is 0.553. The Balaban J connectivity index is 2.18. The summed E-state index contributed by atoms with van der Waals surface area (Å²) < 4.78 is 10.4. The highest BCUT2D eigenvalue weighted by Crippen LogP contribution is 2.22. The SMILES string of the molecule is COc1cc(N(C)Cc2ccccc2OC)ncn1. The van der Waals surface area contributed by atoms with E-state index in [2.05, 4.69) is 9.97 Å². The zero-order valence-corrected chi connectivity index (χ0v) is 11.3. The third-order valence-corrected chi connectivity index (χ3v) is 2.83. The largest absolute Gasteiger partial charge is 0.496 e. The summed E-state index contributed by atoms with van der Waals surface area (Å²) in [4.78, 5) is 10.2. The third kappa shape index (κ3) is 3.13. The predicted octanol–water partition coefficient (Wildman–Crippen LogP) is 2.13. The summed E-state index contributed by atoms with van der Waals surface area (Å²) in [6.07, 6.45) is 1.49. The standard InChI is InChI=1S/C14H17N3O2/c1-17(13-8-14(19-3)16-10-15-13)9-11-6-4-5-7-12(11)18-2/h4-8,10H,9H2,1-3H3. The molecular formula is C14H17N3O2. The third-order valence-electron chi connectivity index (χ3n) is 2.83. The molecule has 0 aliphatic rings. The lowest BCUT2D eigenvalue weighted by atomic mass is 10.2. The van der Waals surface area contributed by atoms with Gasteiger partial charge >= 0.3 is 0 Å². The van der Waals surface area contributed by atoms with E-state index in [4.69, 9.17) is 9.47 Å². The molecule has 0 amide bonds. The summed E-state index contributed by atoms with van der Waals surface area (Å²) in [7, 11) is 5.23. The molecular weight excluding hydrogens is 242 g/mol. The van der Waals surface area contributed by atoms with Gasteiger partial charge in [-0.05, 0) is 6.07 Å². The Morgan fingerprint density at radius 3 is 2.63 bits per heavy atom. The van der Waals surface area contributed by atoms with Crippen molar-refractivity contribution in [3.8, 4) is 11.6 Å². The van der Waals surface area contributed by atoms with Gasteiger partial charge in [-0.1, -0.05) is 18.2 Å². The summed E-state index contributed by atoms with van der Waals surface area (Å²) in [5.41, 5.74) is 1.10. The first-order valence-electron chi connectivity index (χ1n) is 5.93. The van der Waals surface area contributed by atoms with Gasteiger partial charge in [0.15, 0.2) is 0 Å². The van der Waals surface area contributed by atoms with Crippen molar-refractivity contribution in [2.45, 2.75) is 6.54 Å². The molecule has 1 aromatic heterocycles. The van der Waals surface area contributed by atoms with E-state index < -0.39 is 0 Å². The molecule has 1 heterocycles. The van der Waals surface area contributed by atoms with Gasteiger partial charge in [-0.15, -0.1) is 0 Å². The molecule has 2 aromatic rings. The molecule has 2 rings (SSSR count). The number of hydrogen-bond donors (Lipinski definition) is 0. The Bertz CT molecular complexity index is 546. The number of benzene rings is 1. The van der Waals surface area contributed by atoms with E-state index in [0.29, 0.717) is 12.4 Å². The van der Waals surface area contributed by atoms with Crippen LogP contribution in [0.2, 0.25) is 0 Å². The van der Waals surface area contributed by atoms with E-state index in [1.807, 2.05) is 36.2 Å². The van der Waals surface area contributed by atoms with Crippen LogP contribution < -0.4 is 14.4 Å². The van der Waals surface area contributed by atoms with Crippen molar-refractivity contribution < 1.29 is 9.47 Å². The summed E-state index contributed by atoms with van der Waals surface area (Å²) >= 11 is 0. The van der Waals surface area contributed by atoms with Crippen LogP contribution in [0.15, 0.2) is 36.7 Å². The molecule has 5 heteroatoms.